The van der Waals surface area contributed by atoms with Crippen LogP contribution >= 0.6 is 0 Å². The summed E-state index contributed by atoms with van der Waals surface area (Å²) in [7, 11) is 0. The van der Waals surface area contributed by atoms with Gasteiger partial charge in [0, 0.05) is 38.3 Å². The first-order chi connectivity index (χ1) is 12.6. The zero-order valence-corrected chi connectivity index (χ0v) is 15.3. The molecule has 0 radical (unpaired) electrons. The number of benzene rings is 1. The lowest BCUT2D eigenvalue weighted by molar-refractivity contribution is 0.0491. The number of ether oxygens (including phenoxy) is 2. The number of nitrogens with one attached hydrogen (secondary N) is 1. The quantitative estimate of drug-likeness (QED) is 0.723. The number of aliphatic hydroxyl groups is 1. The normalized spacial score (nSPS) is 16.6. The van der Waals surface area contributed by atoms with E-state index in [0.717, 1.165) is 31.6 Å². The zero-order valence-electron chi connectivity index (χ0n) is 15.3. The molecule has 0 saturated carbocycles. The van der Waals surface area contributed by atoms with Crippen LogP contribution in [0.15, 0.2) is 22.6 Å². The van der Waals surface area contributed by atoms with Gasteiger partial charge in [0.1, 0.15) is 24.0 Å². The third-order valence-electron chi connectivity index (χ3n) is 4.49. The summed E-state index contributed by atoms with van der Waals surface area (Å²) >= 11 is 0. The van der Waals surface area contributed by atoms with Gasteiger partial charge in [-0.2, -0.15) is 0 Å². The van der Waals surface area contributed by atoms with E-state index in [2.05, 4.69) is 10.2 Å². The summed E-state index contributed by atoms with van der Waals surface area (Å²) in [5, 5.41) is 14.3. The van der Waals surface area contributed by atoms with Crippen LogP contribution in [-0.4, -0.2) is 68.0 Å². The fourth-order valence-corrected chi connectivity index (χ4v) is 3.21. The molecule has 1 saturated heterocycles. The van der Waals surface area contributed by atoms with E-state index in [1.54, 1.807) is 19.1 Å². The highest BCUT2D eigenvalue weighted by Crippen LogP contribution is 2.33. The van der Waals surface area contributed by atoms with Gasteiger partial charge in [-0.05, 0) is 26.0 Å². The van der Waals surface area contributed by atoms with E-state index in [1.807, 2.05) is 13.0 Å². The molecular weight excluding hydrogens is 336 g/mol. The summed E-state index contributed by atoms with van der Waals surface area (Å²) in [6.45, 7) is 8.35. The van der Waals surface area contributed by atoms with Crippen LogP contribution in [-0.2, 0) is 4.74 Å². The summed E-state index contributed by atoms with van der Waals surface area (Å²) in [4.78, 5) is 14.2. The Kier molecular flexibility index (Phi) is 6.13. The van der Waals surface area contributed by atoms with E-state index in [9.17, 15) is 9.90 Å². The third kappa shape index (κ3) is 4.17. The molecule has 0 spiro atoms. The molecule has 2 aromatic rings. The molecule has 1 aliphatic heterocycles. The number of carbonyl (C=O) groups is 1. The molecule has 1 unspecified atom stereocenters. The number of carbonyl (C=O) groups excluding carboxylic acids is 1. The van der Waals surface area contributed by atoms with Gasteiger partial charge in [-0.3, -0.25) is 4.90 Å². The third-order valence-corrected chi connectivity index (χ3v) is 4.49. The minimum Gasteiger partial charge on any atom is -0.490 e. The van der Waals surface area contributed by atoms with E-state index >= 15 is 0 Å². The molecule has 7 heteroatoms. The Hall–Kier alpha value is -2.09. The maximum atomic E-state index is 12.0. The number of piperazine rings is 1. The second kappa shape index (κ2) is 8.53. The van der Waals surface area contributed by atoms with Crippen molar-refractivity contribution in [2.24, 2.45) is 0 Å². The number of furan rings is 1. The van der Waals surface area contributed by atoms with Crippen molar-refractivity contribution < 1.29 is 23.8 Å². The van der Waals surface area contributed by atoms with Crippen molar-refractivity contribution in [3.05, 3.63) is 29.5 Å². The molecule has 0 aliphatic carbocycles. The van der Waals surface area contributed by atoms with Crippen LogP contribution in [0.4, 0.5) is 0 Å². The molecular formula is C19H26N2O5. The summed E-state index contributed by atoms with van der Waals surface area (Å²) in [6.07, 6.45) is -0.583. The SMILES string of the molecule is CCOC(=O)c1oc2cccc(OCC(O)CN3CCNCC3)c2c1C. The molecule has 0 bridgehead atoms. The molecule has 2 heterocycles. The molecule has 142 valence electrons. The standard InChI is InChI=1S/C19H26N2O5/c1-3-24-19(23)18-13(2)17-15(5-4-6-16(17)26-18)25-12-14(22)11-21-9-7-20-8-10-21/h4-6,14,20,22H,3,7-12H2,1-2H3. The van der Waals surface area contributed by atoms with Gasteiger partial charge in [0.2, 0.25) is 5.76 Å². The maximum absolute atomic E-state index is 12.0. The van der Waals surface area contributed by atoms with Crippen LogP contribution in [0, 0.1) is 6.92 Å². The van der Waals surface area contributed by atoms with Crippen LogP contribution in [0.3, 0.4) is 0 Å². The Morgan fingerprint density at radius 1 is 1.38 bits per heavy atom. The summed E-state index contributed by atoms with van der Waals surface area (Å²) in [5.74, 6) is 0.309. The average Bonchev–Trinajstić information content (AvgIpc) is 2.99. The zero-order chi connectivity index (χ0) is 18.5. The van der Waals surface area contributed by atoms with Crippen molar-refractivity contribution in [3.63, 3.8) is 0 Å². The van der Waals surface area contributed by atoms with Crippen molar-refractivity contribution in [1.82, 2.24) is 10.2 Å². The first-order valence-electron chi connectivity index (χ1n) is 9.03. The predicted molar refractivity (Wildman–Crippen MR) is 97.7 cm³/mol. The lowest BCUT2D eigenvalue weighted by Gasteiger charge is -2.29. The Morgan fingerprint density at radius 3 is 2.88 bits per heavy atom. The lowest BCUT2D eigenvalue weighted by atomic mass is 10.1. The minimum absolute atomic E-state index is 0.183. The fraction of sp³-hybridized carbons (Fsp3) is 0.526. The summed E-state index contributed by atoms with van der Waals surface area (Å²) in [5.41, 5.74) is 1.25. The molecule has 26 heavy (non-hydrogen) atoms. The number of fused-ring (bicyclic) bond motifs is 1. The van der Waals surface area contributed by atoms with Gasteiger partial charge in [-0.25, -0.2) is 4.79 Å². The number of hydrogen-bond donors (Lipinski definition) is 2. The number of esters is 1. The highest BCUT2D eigenvalue weighted by molar-refractivity contribution is 5.98. The average molecular weight is 362 g/mol. The number of β-amino-alcohol motifs (C(OH)–C–C–N with tert-alkyl or cyclic N) is 1. The number of nitrogens with zero attached hydrogens (tertiary/aromatic N) is 1. The Labute approximate surface area is 152 Å². The van der Waals surface area contributed by atoms with Crippen molar-refractivity contribution >= 4 is 16.9 Å². The molecule has 1 aromatic heterocycles. The summed E-state index contributed by atoms with van der Waals surface area (Å²) in [6, 6.07) is 5.41. The number of aliphatic hydroxyl groups excluding tert-OH is 1. The molecule has 1 fully saturated rings. The summed E-state index contributed by atoms with van der Waals surface area (Å²) < 4.78 is 16.5. The number of hydrogen-bond acceptors (Lipinski definition) is 7. The van der Waals surface area contributed by atoms with Crippen LogP contribution in [0.1, 0.15) is 23.0 Å². The van der Waals surface area contributed by atoms with Crippen molar-refractivity contribution in [2.75, 3.05) is 45.9 Å². The van der Waals surface area contributed by atoms with Gasteiger partial charge in [0.15, 0.2) is 0 Å². The van der Waals surface area contributed by atoms with E-state index in [1.165, 1.54) is 0 Å². The topological polar surface area (TPSA) is 84.2 Å². The van der Waals surface area contributed by atoms with Crippen molar-refractivity contribution in [2.45, 2.75) is 20.0 Å². The smallest absolute Gasteiger partial charge is 0.374 e. The van der Waals surface area contributed by atoms with Crippen molar-refractivity contribution in [3.8, 4) is 5.75 Å². The van der Waals surface area contributed by atoms with Gasteiger partial charge < -0.3 is 24.3 Å². The van der Waals surface area contributed by atoms with E-state index in [0.29, 0.717) is 23.4 Å². The van der Waals surface area contributed by atoms with E-state index < -0.39 is 12.1 Å². The Morgan fingerprint density at radius 2 is 2.15 bits per heavy atom. The number of rotatable bonds is 7. The second-order valence-electron chi connectivity index (χ2n) is 6.42. The fourth-order valence-electron chi connectivity index (χ4n) is 3.21. The van der Waals surface area contributed by atoms with Gasteiger partial charge in [-0.15, -0.1) is 0 Å². The monoisotopic (exact) mass is 362 g/mol. The molecule has 2 N–H and O–H groups in total. The second-order valence-corrected chi connectivity index (χ2v) is 6.42. The van der Waals surface area contributed by atoms with Gasteiger partial charge in [0.05, 0.1) is 12.0 Å². The lowest BCUT2D eigenvalue weighted by Crippen LogP contribution is -2.47. The van der Waals surface area contributed by atoms with Gasteiger partial charge in [-0.1, -0.05) is 6.07 Å². The largest absolute Gasteiger partial charge is 0.490 e. The highest BCUT2D eigenvalue weighted by Gasteiger charge is 2.22. The number of aryl methyl sites for hydroxylation is 1. The van der Waals surface area contributed by atoms with E-state index in [-0.39, 0.29) is 19.0 Å². The van der Waals surface area contributed by atoms with Crippen LogP contribution in [0.2, 0.25) is 0 Å². The molecule has 0 amide bonds. The van der Waals surface area contributed by atoms with Crippen LogP contribution in [0.25, 0.3) is 11.0 Å². The molecule has 1 aliphatic rings. The Bertz CT molecular complexity index is 752. The molecule has 3 rings (SSSR count). The molecule has 1 atom stereocenters. The molecule has 1 aromatic carbocycles. The van der Waals surface area contributed by atoms with Gasteiger partial charge >= 0.3 is 5.97 Å². The van der Waals surface area contributed by atoms with Crippen molar-refractivity contribution in [1.29, 1.82) is 0 Å². The predicted octanol–water partition coefficient (Wildman–Crippen LogP) is 1.56. The van der Waals surface area contributed by atoms with Crippen LogP contribution in [0.5, 0.6) is 5.75 Å². The first-order valence-corrected chi connectivity index (χ1v) is 9.03. The minimum atomic E-state index is -0.583. The Balaban J connectivity index is 1.70. The van der Waals surface area contributed by atoms with Crippen LogP contribution < -0.4 is 10.1 Å². The van der Waals surface area contributed by atoms with Gasteiger partial charge in [0.25, 0.3) is 0 Å². The maximum Gasteiger partial charge on any atom is 0.374 e. The first kappa shape index (κ1) is 18.7. The molecule has 7 nitrogen and oxygen atoms in total. The highest BCUT2D eigenvalue weighted by atomic mass is 16.5. The van der Waals surface area contributed by atoms with E-state index in [4.69, 9.17) is 13.9 Å².